The number of halogens is 1. The molecule has 1 saturated carbocycles. The molecule has 0 aromatic heterocycles. The molecule has 17 heavy (non-hydrogen) atoms. The van der Waals surface area contributed by atoms with Crippen molar-refractivity contribution in [2.24, 2.45) is 11.7 Å². The Morgan fingerprint density at radius 2 is 2.12 bits per heavy atom. The van der Waals surface area contributed by atoms with Crippen molar-refractivity contribution < 1.29 is 0 Å². The SMILES string of the molecule is CC(N)c1cc(Br)ccc1SCC1CCCC1. The van der Waals surface area contributed by atoms with Crippen molar-refractivity contribution in [1.29, 1.82) is 0 Å². The molecule has 1 aromatic rings. The first-order valence-electron chi connectivity index (χ1n) is 6.34. The van der Waals surface area contributed by atoms with E-state index in [0.29, 0.717) is 0 Å². The predicted molar refractivity (Wildman–Crippen MR) is 79.4 cm³/mol. The molecule has 1 aliphatic carbocycles. The van der Waals surface area contributed by atoms with Gasteiger partial charge in [0.2, 0.25) is 0 Å². The van der Waals surface area contributed by atoms with Crippen molar-refractivity contribution in [1.82, 2.24) is 0 Å². The predicted octanol–water partition coefficient (Wildman–Crippen LogP) is 4.75. The lowest BCUT2D eigenvalue weighted by Gasteiger charge is -2.15. The Labute approximate surface area is 117 Å². The largest absolute Gasteiger partial charge is 0.324 e. The van der Waals surface area contributed by atoms with Gasteiger partial charge in [-0.3, -0.25) is 0 Å². The summed E-state index contributed by atoms with van der Waals surface area (Å²) in [5.74, 6) is 2.17. The molecule has 1 nitrogen and oxygen atoms in total. The van der Waals surface area contributed by atoms with E-state index in [1.807, 2.05) is 11.8 Å². The first-order chi connectivity index (χ1) is 8.16. The second kappa shape index (κ2) is 6.26. The molecule has 2 N–H and O–H groups in total. The van der Waals surface area contributed by atoms with E-state index in [2.05, 4.69) is 41.1 Å². The van der Waals surface area contributed by atoms with Crippen molar-refractivity contribution in [2.45, 2.75) is 43.5 Å². The fraction of sp³-hybridized carbons (Fsp3) is 0.571. The maximum atomic E-state index is 6.03. The minimum Gasteiger partial charge on any atom is -0.324 e. The van der Waals surface area contributed by atoms with Gasteiger partial charge >= 0.3 is 0 Å². The Morgan fingerprint density at radius 3 is 2.76 bits per heavy atom. The fourth-order valence-corrected chi connectivity index (χ4v) is 4.09. The van der Waals surface area contributed by atoms with Gasteiger partial charge in [0.1, 0.15) is 0 Å². The molecule has 0 saturated heterocycles. The molecule has 2 rings (SSSR count). The van der Waals surface area contributed by atoms with Gasteiger partial charge in [-0.1, -0.05) is 28.8 Å². The third kappa shape index (κ3) is 3.73. The van der Waals surface area contributed by atoms with Gasteiger partial charge < -0.3 is 5.73 Å². The molecule has 1 aromatic carbocycles. The molecule has 1 atom stereocenters. The monoisotopic (exact) mass is 313 g/mol. The van der Waals surface area contributed by atoms with E-state index in [0.717, 1.165) is 10.4 Å². The third-order valence-corrected chi connectivity index (χ3v) is 5.23. The van der Waals surface area contributed by atoms with Crippen LogP contribution in [0.4, 0.5) is 0 Å². The number of nitrogens with two attached hydrogens (primary N) is 1. The van der Waals surface area contributed by atoms with Crippen LogP contribution in [0.3, 0.4) is 0 Å². The summed E-state index contributed by atoms with van der Waals surface area (Å²) in [5.41, 5.74) is 7.30. The normalized spacial score (nSPS) is 18.5. The summed E-state index contributed by atoms with van der Waals surface area (Å²) < 4.78 is 1.12. The third-order valence-electron chi connectivity index (χ3n) is 3.41. The molecule has 0 heterocycles. The van der Waals surface area contributed by atoms with Crippen LogP contribution in [0.2, 0.25) is 0 Å². The van der Waals surface area contributed by atoms with Gasteiger partial charge in [-0.05, 0) is 49.4 Å². The maximum absolute atomic E-state index is 6.03. The zero-order valence-electron chi connectivity index (χ0n) is 10.3. The summed E-state index contributed by atoms with van der Waals surface area (Å²) in [7, 11) is 0. The highest BCUT2D eigenvalue weighted by Crippen LogP contribution is 2.34. The molecule has 0 radical (unpaired) electrons. The van der Waals surface area contributed by atoms with Gasteiger partial charge in [0.05, 0.1) is 0 Å². The highest BCUT2D eigenvalue weighted by molar-refractivity contribution is 9.10. The Hall–Kier alpha value is 0.01000. The molecular weight excluding hydrogens is 294 g/mol. The summed E-state index contributed by atoms with van der Waals surface area (Å²) >= 11 is 5.50. The van der Waals surface area contributed by atoms with Gasteiger partial charge in [0, 0.05) is 21.2 Å². The highest BCUT2D eigenvalue weighted by Gasteiger charge is 2.16. The van der Waals surface area contributed by atoms with Crippen LogP contribution in [-0.4, -0.2) is 5.75 Å². The molecule has 0 aliphatic heterocycles. The molecule has 3 heteroatoms. The van der Waals surface area contributed by atoms with E-state index in [9.17, 15) is 0 Å². The van der Waals surface area contributed by atoms with Crippen LogP contribution < -0.4 is 5.73 Å². The lowest BCUT2D eigenvalue weighted by Crippen LogP contribution is -2.07. The summed E-state index contributed by atoms with van der Waals surface area (Å²) in [6, 6.07) is 6.57. The van der Waals surface area contributed by atoms with E-state index in [1.165, 1.54) is 41.9 Å². The second-order valence-corrected chi connectivity index (χ2v) is 6.91. The van der Waals surface area contributed by atoms with E-state index in [-0.39, 0.29) is 6.04 Å². The molecule has 0 spiro atoms. The Morgan fingerprint density at radius 1 is 1.41 bits per heavy atom. The minimum atomic E-state index is 0.110. The van der Waals surface area contributed by atoms with Gasteiger partial charge in [0.25, 0.3) is 0 Å². The standard InChI is InChI=1S/C14H20BrNS/c1-10(16)13-8-12(15)6-7-14(13)17-9-11-4-2-3-5-11/h6-8,10-11H,2-5,9,16H2,1H3. The average Bonchev–Trinajstić information content (AvgIpc) is 2.80. The molecule has 0 amide bonds. The minimum absolute atomic E-state index is 0.110. The van der Waals surface area contributed by atoms with Crippen LogP contribution in [0, 0.1) is 5.92 Å². The molecule has 1 unspecified atom stereocenters. The van der Waals surface area contributed by atoms with Crippen molar-refractivity contribution in [3.8, 4) is 0 Å². The first kappa shape index (κ1) is 13.4. The number of benzene rings is 1. The highest BCUT2D eigenvalue weighted by atomic mass is 79.9. The van der Waals surface area contributed by atoms with Crippen LogP contribution in [-0.2, 0) is 0 Å². The lowest BCUT2D eigenvalue weighted by atomic mass is 10.1. The first-order valence-corrected chi connectivity index (χ1v) is 8.12. The van der Waals surface area contributed by atoms with Gasteiger partial charge in [-0.25, -0.2) is 0 Å². The maximum Gasteiger partial charge on any atom is 0.0277 e. The van der Waals surface area contributed by atoms with E-state index in [4.69, 9.17) is 5.73 Å². The van der Waals surface area contributed by atoms with Crippen molar-refractivity contribution in [3.05, 3.63) is 28.2 Å². The van der Waals surface area contributed by atoms with E-state index < -0.39 is 0 Å². The van der Waals surface area contributed by atoms with Crippen LogP contribution in [0.25, 0.3) is 0 Å². The smallest absolute Gasteiger partial charge is 0.0277 e. The Kier molecular flexibility index (Phi) is 4.95. The van der Waals surface area contributed by atoms with Crippen molar-refractivity contribution in [3.63, 3.8) is 0 Å². The van der Waals surface area contributed by atoms with Crippen LogP contribution in [0.1, 0.15) is 44.2 Å². The summed E-state index contributed by atoms with van der Waals surface area (Å²) in [6.07, 6.45) is 5.67. The Balaban J connectivity index is 2.03. The summed E-state index contributed by atoms with van der Waals surface area (Å²) in [6.45, 7) is 2.06. The topological polar surface area (TPSA) is 26.0 Å². The number of thioether (sulfide) groups is 1. The zero-order valence-corrected chi connectivity index (χ0v) is 12.7. The summed E-state index contributed by atoms with van der Waals surface area (Å²) in [5, 5.41) is 0. The molecular formula is C14H20BrNS. The van der Waals surface area contributed by atoms with Crippen molar-refractivity contribution in [2.75, 3.05) is 5.75 Å². The molecule has 1 fully saturated rings. The van der Waals surface area contributed by atoms with E-state index >= 15 is 0 Å². The fourth-order valence-electron chi connectivity index (χ4n) is 2.39. The number of hydrogen-bond donors (Lipinski definition) is 1. The molecule has 0 bridgehead atoms. The molecule has 1 aliphatic rings. The zero-order chi connectivity index (χ0) is 12.3. The van der Waals surface area contributed by atoms with Crippen molar-refractivity contribution >= 4 is 27.7 Å². The Bertz CT molecular complexity index is 372. The second-order valence-electron chi connectivity index (χ2n) is 4.93. The number of rotatable bonds is 4. The summed E-state index contributed by atoms with van der Waals surface area (Å²) in [4.78, 5) is 1.36. The van der Waals surface area contributed by atoms with E-state index in [1.54, 1.807) is 0 Å². The van der Waals surface area contributed by atoms with Gasteiger partial charge in [-0.2, -0.15) is 0 Å². The average molecular weight is 314 g/mol. The van der Waals surface area contributed by atoms with Crippen LogP contribution in [0.5, 0.6) is 0 Å². The van der Waals surface area contributed by atoms with Gasteiger partial charge in [0.15, 0.2) is 0 Å². The lowest BCUT2D eigenvalue weighted by molar-refractivity contribution is 0.623. The molecule has 94 valence electrons. The van der Waals surface area contributed by atoms with Crippen LogP contribution in [0.15, 0.2) is 27.6 Å². The number of hydrogen-bond acceptors (Lipinski definition) is 2. The van der Waals surface area contributed by atoms with Gasteiger partial charge in [-0.15, -0.1) is 11.8 Å². The quantitative estimate of drug-likeness (QED) is 0.812. The van der Waals surface area contributed by atoms with Crippen LogP contribution >= 0.6 is 27.7 Å².